The molecule has 2 aromatic heterocycles. The lowest BCUT2D eigenvalue weighted by Crippen LogP contribution is -2.35. The fourth-order valence-corrected chi connectivity index (χ4v) is 5.12. The van der Waals surface area contributed by atoms with Crippen molar-refractivity contribution in [2.45, 2.75) is 32.4 Å². The first-order valence-corrected chi connectivity index (χ1v) is 13.0. The van der Waals surface area contributed by atoms with Crippen LogP contribution in [0.5, 0.6) is 0 Å². The average molecular weight is 506 g/mol. The molecule has 0 saturated carbocycles. The predicted molar refractivity (Wildman–Crippen MR) is 141 cm³/mol. The molecule has 2 N–H and O–H groups in total. The number of rotatable bonds is 8. The van der Waals surface area contributed by atoms with Gasteiger partial charge in [0.1, 0.15) is 5.82 Å². The molecule has 3 heterocycles. The van der Waals surface area contributed by atoms with Crippen molar-refractivity contribution in [3.63, 3.8) is 0 Å². The van der Waals surface area contributed by atoms with E-state index in [1.54, 1.807) is 46.2 Å². The predicted octanol–water partition coefficient (Wildman–Crippen LogP) is 4.76. The fourth-order valence-electron chi connectivity index (χ4n) is 4.47. The minimum atomic E-state index is -0.403. The highest BCUT2D eigenvalue weighted by Gasteiger charge is 2.15. The van der Waals surface area contributed by atoms with Crippen LogP contribution >= 0.6 is 11.3 Å². The smallest absolute Gasteiger partial charge is 0.294 e. The standard InChI is InChI=1S/C27H28FN5O2S/c28-20-8-11-24-23(17-20)31-25(27(35)33(24)15-14-32-12-2-1-3-13-32)30-21-9-6-19(7-10-21)26(34)29-18-22-5-4-16-36-22/h4-11,16-17H,1-3,12-15,18H2,(H,29,34)(H,30,31). The Morgan fingerprint density at radius 2 is 1.83 bits per heavy atom. The lowest BCUT2D eigenvalue weighted by atomic mass is 10.1. The number of hydrogen-bond donors (Lipinski definition) is 2. The van der Waals surface area contributed by atoms with Crippen LogP contribution in [-0.2, 0) is 13.1 Å². The van der Waals surface area contributed by atoms with Crippen molar-refractivity contribution < 1.29 is 9.18 Å². The minimum Gasteiger partial charge on any atom is -0.347 e. The maximum absolute atomic E-state index is 14.0. The number of carbonyl (C=O) groups excluding carboxylic acids is 1. The second kappa shape index (κ2) is 11.0. The van der Waals surface area contributed by atoms with Gasteiger partial charge in [0.2, 0.25) is 0 Å². The Balaban J connectivity index is 1.34. The molecule has 9 heteroatoms. The second-order valence-corrected chi connectivity index (χ2v) is 9.95. The van der Waals surface area contributed by atoms with Gasteiger partial charge < -0.3 is 20.1 Å². The first-order chi connectivity index (χ1) is 17.6. The van der Waals surface area contributed by atoms with Gasteiger partial charge in [-0.3, -0.25) is 9.59 Å². The van der Waals surface area contributed by atoms with E-state index < -0.39 is 5.82 Å². The molecule has 7 nitrogen and oxygen atoms in total. The first-order valence-electron chi connectivity index (χ1n) is 12.2. The van der Waals surface area contributed by atoms with Crippen LogP contribution < -0.4 is 16.2 Å². The number of likely N-dealkylation sites (tertiary alicyclic amines) is 1. The summed E-state index contributed by atoms with van der Waals surface area (Å²) in [7, 11) is 0. The molecule has 36 heavy (non-hydrogen) atoms. The number of hydrogen-bond acceptors (Lipinski definition) is 6. The number of nitrogens with zero attached hydrogens (tertiary/aromatic N) is 3. The summed E-state index contributed by atoms with van der Waals surface area (Å²) in [6, 6.07) is 15.1. The summed E-state index contributed by atoms with van der Waals surface area (Å²) in [6.07, 6.45) is 3.59. The van der Waals surface area contributed by atoms with Crippen molar-refractivity contribution >= 4 is 39.8 Å². The van der Waals surface area contributed by atoms with Gasteiger partial charge in [-0.25, -0.2) is 9.37 Å². The number of nitrogens with one attached hydrogen (secondary N) is 2. The number of fused-ring (bicyclic) bond motifs is 1. The quantitative estimate of drug-likeness (QED) is 0.361. The van der Waals surface area contributed by atoms with Crippen LogP contribution in [0.2, 0.25) is 0 Å². The molecule has 0 bridgehead atoms. The Bertz CT molecular complexity index is 1400. The third kappa shape index (κ3) is 5.63. The highest BCUT2D eigenvalue weighted by molar-refractivity contribution is 7.09. The normalized spacial score (nSPS) is 14.1. The molecule has 1 fully saturated rings. The van der Waals surface area contributed by atoms with E-state index in [2.05, 4.69) is 20.5 Å². The van der Waals surface area contributed by atoms with E-state index in [-0.39, 0.29) is 17.3 Å². The van der Waals surface area contributed by atoms with Crippen molar-refractivity contribution in [3.8, 4) is 0 Å². The highest BCUT2D eigenvalue weighted by Crippen LogP contribution is 2.19. The summed E-state index contributed by atoms with van der Waals surface area (Å²) in [6.45, 7) is 3.80. The molecule has 1 saturated heterocycles. The van der Waals surface area contributed by atoms with Gasteiger partial charge in [0, 0.05) is 35.3 Å². The van der Waals surface area contributed by atoms with Crippen molar-refractivity contribution in [2.75, 3.05) is 25.0 Å². The summed E-state index contributed by atoms with van der Waals surface area (Å²) >= 11 is 1.59. The third-order valence-corrected chi connectivity index (χ3v) is 7.29. The van der Waals surface area contributed by atoms with Crippen LogP contribution in [-0.4, -0.2) is 40.0 Å². The number of thiophene rings is 1. The van der Waals surface area contributed by atoms with Gasteiger partial charge in [-0.2, -0.15) is 0 Å². The Morgan fingerprint density at radius 3 is 2.58 bits per heavy atom. The number of amides is 1. The first kappa shape index (κ1) is 24.1. The fraction of sp³-hybridized carbons (Fsp3) is 0.296. The Kier molecular flexibility index (Phi) is 7.39. The number of carbonyl (C=O) groups is 1. The Hall–Kier alpha value is -3.56. The van der Waals surface area contributed by atoms with Crippen LogP contribution in [0.1, 0.15) is 34.5 Å². The third-order valence-electron chi connectivity index (χ3n) is 6.41. The van der Waals surface area contributed by atoms with Gasteiger partial charge in [-0.05, 0) is 73.8 Å². The molecule has 2 aromatic carbocycles. The maximum atomic E-state index is 14.0. The van der Waals surface area contributed by atoms with E-state index in [1.165, 1.54) is 31.4 Å². The number of aromatic nitrogens is 2. The van der Waals surface area contributed by atoms with E-state index in [0.29, 0.717) is 35.4 Å². The van der Waals surface area contributed by atoms with Crippen LogP contribution in [0, 0.1) is 5.82 Å². The zero-order valence-corrected chi connectivity index (χ0v) is 20.7. The molecule has 5 rings (SSSR count). The van der Waals surface area contributed by atoms with Crippen molar-refractivity contribution in [2.24, 2.45) is 0 Å². The van der Waals surface area contributed by atoms with Crippen molar-refractivity contribution in [1.29, 1.82) is 0 Å². The molecule has 0 spiro atoms. The lowest BCUT2D eigenvalue weighted by Gasteiger charge is -2.26. The molecular formula is C27H28FN5O2S. The summed E-state index contributed by atoms with van der Waals surface area (Å²) in [5, 5.41) is 7.94. The van der Waals surface area contributed by atoms with Gasteiger partial charge in [0.15, 0.2) is 5.82 Å². The second-order valence-electron chi connectivity index (χ2n) is 8.92. The Morgan fingerprint density at radius 1 is 1.03 bits per heavy atom. The lowest BCUT2D eigenvalue weighted by molar-refractivity contribution is 0.0951. The minimum absolute atomic E-state index is 0.127. The number of halogens is 1. The van der Waals surface area contributed by atoms with Crippen molar-refractivity contribution in [3.05, 3.63) is 86.6 Å². The summed E-state index contributed by atoms with van der Waals surface area (Å²) in [5.74, 6) is -0.448. The molecule has 1 amide bonds. The van der Waals surface area contributed by atoms with Crippen molar-refractivity contribution in [1.82, 2.24) is 19.8 Å². The zero-order valence-electron chi connectivity index (χ0n) is 19.9. The summed E-state index contributed by atoms with van der Waals surface area (Å²) in [4.78, 5) is 33.7. The van der Waals surface area contributed by atoms with Gasteiger partial charge >= 0.3 is 0 Å². The molecule has 0 radical (unpaired) electrons. The Labute approximate surface area is 212 Å². The van der Waals surface area contributed by atoms with Crippen LogP contribution in [0.3, 0.4) is 0 Å². The average Bonchev–Trinajstić information content (AvgIpc) is 3.42. The molecule has 1 aliphatic heterocycles. The van der Waals surface area contributed by atoms with E-state index in [9.17, 15) is 14.0 Å². The monoisotopic (exact) mass is 505 g/mol. The highest BCUT2D eigenvalue weighted by atomic mass is 32.1. The number of benzene rings is 2. The molecule has 0 aliphatic carbocycles. The summed E-state index contributed by atoms with van der Waals surface area (Å²) < 4.78 is 15.7. The molecular weight excluding hydrogens is 477 g/mol. The maximum Gasteiger partial charge on any atom is 0.294 e. The van der Waals surface area contributed by atoms with Gasteiger partial charge in [0.25, 0.3) is 11.5 Å². The molecule has 0 atom stereocenters. The van der Waals surface area contributed by atoms with Crippen LogP contribution in [0.15, 0.2) is 64.8 Å². The van der Waals surface area contributed by atoms with Gasteiger partial charge in [-0.1, -0.05) is 12.5 Å². The largest absolute Gasteiger partial charge is 0.347 e. The van der Waals surface area contributed by atoms with Gasteiger partial charge in [-0.15, -0.1) is 11.3 Å². The molecule has 1 aliphatic rings. The zero-order chi connectivity index (χ0) is 24.9. The number of piperidine rings is 1. The molecule has 186 valence electrons. The number of anilines is 2. The molecule has 0 unspecified atom stereocenters. The van der Waals surface area contributed by atoms with E-state index in [0.717, 1.165) is 24.5 Å². The summed E-state index contributed by atoms with van der Waals surface area (Å²) in [5.41, 5.74) is 1.91. The van der Waals surface area contributed by atoms with E-state index in [4.69, 9.17) is 0 Å². The van der Waals surface area contributed by atoms with Gasteiger partial charge in [0.05, 0.1) is 17.6 Å². The van der Waals surface area contributed by atoms with Crippen LogP contribution in [0.25, 0.3) is 11.0 Å². The van der Waals surface area contributed by atoms with E-state index in [1.807, 2.05) is 17.5 Å². The van der Waals surface area contributed by atoms with E-state index >= 15 is 0 Å². The molecule has 4 aromatic rings. The van der Waals surface area contributed by atoms with Crippen LogP contribution in [0.4, 0.5) is 15.9 Å². The topological polar surface area (TPSA) is 79.3 Å². The SMILES string of the molecule is O=C(NCc1cccs1)c1ccc(Nc2nc3cc(F)ccc3n(CCN3CCCCC3)c2=O)cc1.